The third kappa shape index (κ3) is 3.57. The molecule has 0 unspecified atom stereocenters. The maximum Gasteiger partial charge on any atom is 0.270 e. The van der Waals surface area contributed by atoms with Crippen LogP contribution in [0, 0.1) is 10.1 Å². The van der Waals surface area contributed by atoms with Gasteiger partial charge in [0.2, 0.25) is 5.89 Å². The highest BCUT2D eigenvalue weighted by atomic mass is 35.5. The largest absolute Gasteiger partial charge is 0.444 e. The second-order valence-corrected chi connectivity index (χ2v) is 4.59. The molecule has 0 aliphatic carbocycles. The van der Waals surface area contributed by atoms with Crippen molar-refractivity contribution in [2.45, 2.75) is 19.9 Å². The summed E-state index contributed by atoms with van der Waals surface area (Å²) in [6.45, 7) is 2.05. The molecule has 1 aromatic carbocycles. The van der Waals surface area contributed by atoms with Crippen molar-refractivity contribution >= 4 is 23.2 Å². The summed E-state index contributed by atoms with van der Waals surface area (Å²) >= 11 is 5.87. The second kappa shape index (κ2) is 6.36. The summed E-state index contributed by atoms with van der Waals surface area (Å²) in [5.74, 6) is 0.664. The Bertz CT molecular complexity index is 684. The van der Waals surface area contributed by atoms with Crippen LogP contribution in [0.4, 0.5) is 5.69 Å². The van der Waals surface area contributed by atoms with Crippen molar-refractivity contribution in [3.63, 3.8) is 0 Å². The first-order chi connectivity index (χ1) is 10.0. The van der Waals surface area contributed by atoms with Gasteiger partial charge in [-0.25, -0.2) is 4.98 Å². The van der Waals surface area contributed by atoms with Crippen LogP contribution in [0.3, 0.4) is 0 Å². The fraction of sp³-hybridized carbons (Fsp3) is 0.231. The molecule has 8 heteroatoms. The molecule has 0 saturated heterocycles. The lowest BCUT2D eigenvalue weighted by atomic mass is 10.2. The van der Waals surface area contributed by atoms with E-state index in [-0.39, 0.29) is 22.8 Å². The summed E-state index contributed by atoms with van der Waals surface area (Å²) < 4.78 is 5.35. The fourth-order valence-corrected chi connectivity index (χ4v) is 1.91. The van der Waals surface area contributed by atoms with Crippen LogP contribution in [-0.2, 0) is 13.0 Å². The quantitative estimate of drug-likeness (QED) is 0.676. The minimum atomic E-state index is -0.577. The van der Waals surface area contributed by atoms with Gasteiger partial charge in [0.25, 0.3) is 11.6 Å². The molecule has 1 amide bonds. The minimum absolute atomic E-state index is 0.0170. The molecule has 2 aromatic rings. The highest BCUT2D eigenvalue weighted by molar-refractivity contribution is 6.34. The van der Waals surface area contributed by atoms with Crippen molar-refractivity contribution in [1.29, 1.82) is 0 Å². The number of hydrogen-bond acceptors (Lipinski definition) is 5. The molecule has 1 aromatic heterocycles. The number of nitro groups is 1. The zero-order valence-electron chi connectivity index (χ0n) is 11.1. The molecule has 21 heavy (non-hydrogen) atoms. The van der Waals surface area contributed by atoms with Gasteiger partial charge in [-0.2, -0.15) is 0 Å². The molecule has 0 radical (unpaired) electrons. The van der Waals surface area contributed by atoms with Gasteiger partial charge < -0.3 is 9.73 Å². The van der Waals surface area contributed by atoms with Crippen LogP contribution < -0.4 is 5.32 Å². The first-order valence-electron chi connectivity index (χ1n) is 6.17. The predicted octanol–water partition coefficient (Wildman–Crippen LogP) is 2.73. The first kappa shape index (κ1) is 15.0. The third-order valence-corrected chi connectivity index (χ3v) is 3.07. The number of oxazole rings is 1. The van der Waals surface area contributed by atoms with Crippen molar-refractivity contribution in [3.8, 4) is 0 Å². The number of benzene rings is 1. The Labute approximate surface area is 125 Å². The maximum absolute atomic E-state index is 12.0. The molecule has 0 fully saturated rings. The summed E-state index contributed by atoms with van der Waals surface area (Å²) in [6, 6.07) is 3.67. The lowest BCUT2D eigenvalue weighted by molar-refractivity contribution is -0.384. The Hall–Kier alpha value is -2.41. The lowest BCUT2D eigenvalue weighted by Gasteiger charge is -2.04. The average molecular weight is 310 g/mol. The van der Waals surface area contributed by atoms with Crippen LogP contribution >= 0.6 is 11.6 Å². The van der Waals surface area contributed by atoms with Crippen LogP contribution in [0.2, 0.25) is 5.02 Å². The standard InChI is InChI=1S/C13H12ClN3O4/c1-2-9-6-15-12(21-9)7-16-13(18)10-4-3-8(17(19)20)5-11(10)14/h3-6H,2,7H2,1H3,(H,16,18). The van der Waals surface area contributed by atoms with E-state index in [1.54, 1.807) is 6.20 Å². The van der Waals surface area contributed by atoms with E-state index < -0.39 is 10.8 Å². The van der Waals surface area contributed by atoms with Crippen LogP contribution in [-0.4, -0.2) is 15.8 Å². The van der Waals surface area contributed by atoms with E-state index in [4.69, 9.17) is 16.0 Å². The van der Waals surface area contributed by atoms with Gasteiger partial charge >= 0.3 is 0 Å². The van der Waals surface area contributed by atoms with Crippen LogP contribution in [0.15, 0.2) is 28.8 Å². The number of aryl methyl sites for hydroxylation is 1. The summed E-state index contributed by atoms with van der Waals surface area (Å²) in [7, 11) is 0. The predicted molar refractivity (Wildman–Crippen MR) is 75.2 cm³/mol. The number of nitrogens with zero attached hydrogens (tertiary/aromatic N) is 2. The average Bonchev–Trinajstić information content (AvgIpc) is 2.92. The van der Waals surface area contributed by atoms with Crippen molar-refractivity contribution in [2.24, 2.45) is 0 Å². The summed E-state index contributed by atoms with van der Waals surface area (Å²) in [5.41, 5.74) is -0.0126. The molecule has 2 rings (SSSR count). The van der Waals surface area contributed by atoms with Gasteiger partial charge in [-0.1, -0.05) is 18.5 Å². The smallest absolute Gasteiger partial charge is 0.270 e. The second-order valence-electron chi connectivity index (χ2n) is 4.18. The number of hydrogen-bond donors (Lipinski definition) is 1. The van der Waals surface area contributed by atoms with Crippen molar-refractivity contribution in [2.75, 3.05) is 0 Å². The number of amides is 1. The van der Waals surface area contributed by atoms with E-state index in [1.165, 1.54) is 12.1 Å². The SMILES string of the molecule is CCc1cnc(CNC(=O)c2ccc([N+](=O)[O-])cc2Cl)o1. The number of nitrogens with one attached hydrogen (secondary N) is 1. The van der Waals surface area contributed by atoms with E-state index in [0.29, 0.717) is 5.89 Å². The fourth-order valence-electron chi connectivity index (χ4n) is 1.65. The van der Waals surface area contributed by atoms with E-state index >= 15 is 0 Å². The summed E-state index contributed by atoms with van der Waals surface area (Å²) in [4.78, 5) is 26.0. The molecule has 0 aliphatic rings. The number of rotatable bonds is 5. The Morgan fingerprint density at radius 3 is 2.86 bits per heavy atom. The summed E-state index contributed by atoms with van der Waals surface area (Å²) in [5, 5.41) is 13.2. The molecule has 0 atom stereocenters. The van der Waals surface area contributed by atoms with Gasteiger partial charge in [0.1, 0.15) is 5.76 Å². The van der Waals surface area contributed by atoms with E-state index in [2.05, 4.69) is 10.3 Å². The van der Waals surface area contributed by atoms with Gasteiger partial charge in [-0.15, -0.1) is 0 Å². The Morgan fingerprint density at radius 2 is 2.29 bits per heavy atom. The zero-order chi connectivity index (χ0) is 15.4. The molecule has 110 valence electrons. The highest BCUT2D eigenvalue weighted by Gasteiger charge is 2.15. The molecule has 0 bridgehead atoms. The number of nitro benzene ring substituents is 1. The van der Waals surface area contributed by atoms with Crippen LogP contribution in [0.25, 0.3) is 0 Å². The van der Waals surface area contributed by atoms with Crippen molar-refractivity contribution in [1.82, 2.24) is 10.3 Å². The van der Waals surface area contributed by atoms with Crippen molar-refractivity contribution < 1.29 is 14.1 Å². The molecule has 7 nitrogen and oxygen atoms in total. The number of aromatic nitrogens is 1. The molecule has 0 saturated carbocycles. The number of carbonyl (C=O) groups excluding carboxylic acids is 1. The Balaban J connectivity index is 2.04. The van der Waals surface area contributed by atoms with Gasteiger partial charge in [0.05, 0.1) is 28.3 Å². The highest BCUT2D eigenvalue weighted by Crippen LogP contribution is 2.22. The lowest BCUT2D eigenvalue weighted by Crippen LogP contribution is -2.23. The number of non-ortho nitro benzene ring substituents is 1. The van der Waals surface area contributed by atoms with Crippen LogP contribution in [0.1, 0.15) is 28.9 Å². The molecular formula is C13H12ClN3O4. The molecular weight excluding hydrogens is 298 g/mol. The summed E-state index contributed by atoms with van der Waals surface area (Å²) in [6.07, 6.45) is 2.31. The van der Waals surface area contributed by atoms with Crippen LogP contribution in [0.5, 0.6) is 0 Å². The normalized spacial score (nSPS) is 10.4. The maximum atomic E-state index is 12.0. The van der Waals surface area contributed by atoms with Gasteiger partial charge in [0.15, 0.2) is 0 Å². The topological polar surface area (TPSA) is 98.3 Å². The van der Waals surface area contributed by atoms with Gasteiger partial charge in [-0.3, -0.25) is 14.9 Å². The monoisotopic (exact) mass is 309 g/mol. The van der Waals surface area contributed by atoms with E-state index in [9.17, 15) is 14.9 Å². The molecule has 0 aliphatic heterocycles. The Kier molecular flexibility index (Phi) is 4.54. The number of carbonyl (C=O) groups is 1. The van der Waals surface area contributed by atoms with E-state index in [1.807, 2.05) is 6.92 Å². The Morgan fingerprint density at radius 1 is 1.52 bits per heavy atom. The third-order valence-electron chi connectivity index (χ3n) is 2.76. The van der Waals surface area contributed by atoms with Gasteiger partial charge in [-0.05, 0) is 6.07 Å². The molecule has 1 N–H and O–H groups in total. The van der Waals surface area contributed by atoms with Crippen molar-refractivity contribution in [3.05, 3.63) is 56.7 Å². The van der Waals surface area contributed by atoms with Gasteiger partial charge in [0, 0.05) is 18.6 Å². The first-order valence-corrected chi connectivity index (χ1v) is 6.54. The zero-order valence-corrected chi connectivity index (χ0v) is 11.9. The molecule has 1 heterocycles. The van der Waals surface area contributed by atoms with E-state index in [0.717, 1.165) is 18.2 Å². The minimum Gasteiger partial charge on any atom is -0.444 e. The number of halogens is 1. The molecule has 0 spiro atoms.